The lowest BCUT2D eigenvalue weighted by molar-refractivity contribution is -0.137. The number of rotatable bonds is 7. The summed E-state index contributed by atoms with van der Waals surface area (Å²) in [5, 5.41) is 0.752. The van der Waals surface area contributed by atoms with Gasteiger partial charge in [0.25, 0.3) is 0 Å². The third-order valence-corrected chi connectivity index (χ3v) is 6.39. The zero-order chi connectivity index (χ0) is 22.8. The molecule has 0 saturated carbocycles. The summed E-state index contributed by atoms with van der Waals surface area (Å²) in [6, 6.07) is 11.4. The smallest absolute Gasteiger partial charge is 0.336 e. The molecule has 1 N–H and O–H groups in total. The molecule has 0 amide bonds. The average molecular weight is 444 g/mol. The molecule has 1 aromatic heterocycles. The standard InChI is InChI=1S/C23H25NO6S/c1-5-16-12-21(25)30-20-13-17(8-11-19(16)20)29-23(26)22(14(2)3)24-31(27,28)18-9-6-15(4)7-10-18/h6-14,22,24H,5H2,1-4H3. The summed E-state index contributed by atoms with van der Waals surface area (Å²) in [5.74, 6) is -0.953. The Labute approximate surface area is 181 Å². The third-order valence-electron chi connectivity index (χ3n) is 4.94. The fourth-order valence-corrected chi connectivity index (χ4v) is 4.49. The number of sulfonamides is 1. The van der Waals surface area contributed by atoms with Crippen molar-refractivity contribution in [3.8, 4) is 5.75 Å². The normalized spacial score (nSPS) is 12.8. The van der Waals surface area contributed by atoms with Crippen molar-refractivity contribution in [3.05, 3.63) is 70.1 Å². The number of ether oxygens (including phenoxy) is 1. The average Bonchev–Trinajstić information content (AvgIpc) is 2.71. The Balaban J connectivity index is 1.85. The molecular formula is C23H25NO6S. The zero-order valence-corrected chi connectivity index (χ0v) is 18.7. The predicted molar refractivity (Wildman–Crippen MR) is 118 cm³/mol. The van der Waals surface area contributed by atoms with Gasteiger partial charge in [-0.25, -0.2) is 18.0 Å². The molecule has 0 spiro atoms. The fourth-order valence-electron chi connectivity index (χ4n) is 3.15. The van der Waals surface area contributed by atoms with Crippen LogP contribution in [0.5, 0.6) is 5.75 Å². The number of aryl methyl sites for hydroxylation is 2. The highest BCUT2D eigenvalue weighted by atomic mass is 32.2. The summed E-state index contributed by atoms with van der Waals surface area (Å²) in [7, 11) is -3.92. The van der Waals surface area contributed by atoms with E-state index in [1.165, 1.54) is 24.3 Å². The molecule has 3 aromatic rings. The van der Waals surface area contributed by atoms with E-state index in [2.05, 4.69) is 4.72 Å². The minimum Gasteiger partial charge on any atom is -0.425 e. The molecule has 7 nitrogen and oxygen atoms in total. The summed E-state index contributed by atoms with van der Waals surface area (Å²) in [4.78, 5) is 24.6. The first-order chi connectivity index (χ1) is 14.6. The highest BCUT2D eigenvalue weighted by molar-refractivity contribution is 7.89. The van der Waals surface area contributed by atoms with Gasteiger partial charge in [-0.2, -0.15) is 4.72 Å². The third kappa shape index (κ3) is 5.21. The van der Waals surface area contributed by atoms with Crippen molar-refractivity contribution in [2.45, 2.75) is 45.1 Å². The lowest BCUT2D eigenvalue weighted by atomic mass is 10.1. The van der Waals surface area contributed by atoms with Crippen LogP contribution in [0.2, 0.25) is 0 Å². The van der Waals surface area contributed by atoms with E-state index in [4.69, 9.17) is 9.15 Å². The van der Waals surface area contributed by atoms with E-state index < -0.39 is 27.7 Å². The summed E-state index contributed by atoms with van der Waals surface area (Å²) in [5.41, 5.74) is 1.57. The summed E-state index contributed by atoms with van der Waals surface area (Å²) in [6.07, 6.45) is 0.650. The molecule has 8 heteroatoms. The Morgan fingerprint density at radius 2 is 1.77 bits per heavy atom. The SMILES string of the molecule is CCc1cc(=O)oc2cc(OC(=O)C(NS(=O)(=O)c3ccc(C)cc3)C(C)C)ccc12. The molecule has 3 rings (SSSR count). The van der Waals surface area contributed by atoms with Gasteiger partial charge in [0, 0.05) is 17.5 Å². The minimum atomic E-state index is -3.92. The van der Waals surface area contributed by atoms with E-state index in [0.29, 0.717) is 12.0 Å². The maximum absolute atomic E-state index is 12.8. The zero-order valence-electron chi connectivity index (χ0n) is 17.8. The lowest BCUT2D eigenvalue weighted by Crippen LogP contribution is -2.46. The van der Waals surface area contributed by atoms with Crippen LogP contribution >= 0.6 is 0 Å². The Bertz CT molecular complexity index is 1260. The van der Waals surface area contributed by atoms with Crippen LogP contribution in [0.25, 0.3) is 11.0 Å². The van der Waals surface area contributed by atoms with Gasteiger partial charge in [-0.05, 0) is 49.1 Å². The van der Waals surface area contributed by atoms with Crippen molar-refractivity contribution in [2.24, 2.45) is 5.92 Å². The number of carbonyl (C=O) groups is 1. The molecule has 0 aliphatic rings. The van der Waals surface area contributed by atoms with Crippen molar-refractivity contribution < 1.29 is 22.4 Å². The number of carbonyl (C=O) groups excluding carboxylic acids is 1. The highest BCUT2D eigenvalue weighted by Gasteiger charge is 2.30. The molecule has 1 unspecified atom stereocenters. The van der Waals surface area contributed by atoms with Crippen LogP contribution in [-0.4, -0.2) is 20.4 Å². The molecule has 0 fully saturated rings. The Morgan fingerprint density at radius 3 is 2.39 bits per heavy atom. The molecular weight excluding hydrogens is 418 g/mol. The number of fused-ring (bicyclic) bond motifs is 1. The van der Waals surface area contributed by atoms with Gasteiger partial charge in [0.15, 0.2) is 0 Å². The summed E-state index contributed by atoms with van der Waals surface area (Å²) < 4.78 is 38.6. The van der Waals surface area contributed by atoms with Gasteiger partial charge < -0.3 is 9.15 Å². The maximum Gasteiger partial charge on any atom is 0.336 e. The molecule has 0 aliphatic carbocycles. The van der Waals surface area contributed by atoms with Crippen LogP contribution in [0.1, 0.15) is 31.9 Å². The Morgan fingerprint density at radius 1 is 1.10 bits per heavy atom. The second kappa shape index (κ2) is 9.03. The quantitative estimate of drug-likeness (QED) is 0.340. The Hall–Kier alpha value is -2.97. The molecule has 1 heterocycles. The number of esters is 1. The molecule has 0 bridgehead atoms. The number of hydrogen-bond acceptors (Lipinski definition) is 6. The second-order valence-electron chi connectivity index (χ2n) is 7.68. The highest BCUT2D eigenvalue weighted by Crippen LogP contribution is 2.24. The number of nitrogens with one attached hydrogen (secondary N) is 1. The van der Waals surface area contributed by atoms with Crippen molar-refractivity contribution in [1.82, 2.24) is 4.72 Å². The number of hydrogen-bond donors (Lipinski definition) is 1. The topological polar surface area (TPSA) is 103 Å². The second-order valence-corrected chi connectivity index (χ2v) is 9.39. The molecule has 2 aromatic carbocycles. The van der Waals surface area contributed by atoms with E-state index >= 15 is 0 Å². The van der Waals surface area contributed by atoms with Crippen LogP contribution in [0.3, 0.4) is 0 Å². The van der Waals surface area contributed by atoms with E-state index in [1.807, 2.05) is 13.8 Å². The van der Waals surface area contributed by atoms with Gasteiger partial charge in [-0.15, -0.1) is 0 Å². The minimum absolute atomic E-state index is 0.0659. The van der Waals surface area contributed by atoms with Gasteiger partial charge in [0.05, 0.1) is 4.90 Å². The first kappa shape index (κ1) is 22.7. The summed E-state index contributed by atoms with van der Waals surface area (Å²) in [6.45, 7) is 7.22. The van der Waals surface area contributed by atoms with Crippen molar-refractivity contribution in [3.63, 3.8) is 0 Å². The maximum atomic E-state index is 12.8. The monoisotopic (exact) mass is 443 g/mol. The van der Waals surface area contributed by atoms with E-state index in [-0.39, 0.29) is 16.6 Å². The lowest BCUT2D eigenvalue weighted by Gasteiger charge is -2.21. The first-order valence-corrected chi connectivity index (χ1v) is 11.5. The van der Waals surface area contributed by atoms with Crippen LogP contribution in [0.15, 0.2) is 62.6 Å². The molecule has 0 saturated heterocycles. The van der Waals surface area contributed by atoms with Crippen LogP contribution in [0, 0.1) is 12.8 Å². The van der Waals surface area contributed by atoms with E-state index in [0.717, 1.165) is 16.5 Å². The van der Waals surface area contributed by atoms with Crippen molar-refractivity contribution in [2.75, 3.05) is 0 Å². The van der Waals surface area contributed by atoms with Crippen molar-refractivity contribution in [1.29, 1.82) is 0 Å². The summed E-state index contributed by atoms with van der Waals surface area (Å²) >= 11 is 0. The first-order valence-electron chi connectivity index (χ1n) is 9.98. The van der Waals surface area contributed by atoms with Gasteiger partial charge in [0.1, 0.15) is 17.4 Å². The van der Waals surface area contributed by atoms with Crippen molar-refractivity contribution >= 4 is 27.0 Å². The molecule has 164 valence electrons. The number of benzene rings is 2. The molecule has 1 atom stereocenters. The molecule has 0 aliphatic heterocycles. The van der Waals surface area contributed by atoms with Crippen LogP contribution in [0.4, 0.5) is 0 Å². The van der Waals surface area contributed by atoms with Gasteiger partial charge in [-0.3, -0.25) is 0 Å². The van der Waals surface area contributed by atoms with E-state index in [9.17, 15) is 18.0 Å². The Kier molecular flexibility index (Phi) is 6.62. The molecule has 31 heavy (non-hydrogen) atoms. The van der Waals surface area contributed by atoms with E-state index in [1.54, 1.807) is 38.1 Å². The molecule has 0 radical (unpaired) electrons. The van der Waals surface area contributed by atoms with Gasteiger partial charge >= 0.3 is 11.6 Å². The largest absolute Gasteiger partial charge is 0.425 e. The van der Waals surface area contributed by atoms with Crippen LogP contribution in [-0.2, 0) is 21.2 Å². The van der Waals surface area contributed by atoms with Gasteiger partial charge in [-0.1, -0.05) is 38.5 Å². The van der Waals surface area contributed by atoms with Gasteiger partial charge in [0.2, 0.25) is 10.0 Å². The fraction of sp³-hybridized carbons (Fsp3) is 0.304. The predicted octanol–water partition coefficient (Wildman–Crippen LogP) is 3.57. The van der Waals surface area contributed by atoms with Crippen LogP contribution < -0.4 is 15.1 Å².